The van der Waals surface area contributed by atoms with Crippen molar-refractivity contribution in [3.05, 3.63) is 54.0 Å². The van der Waals surface area contributed by atoms with Gasteiger partial charge < -0.3 is 20.1 Å². The van der Waals surface area contributed by atoms with Gasteiger partial charge in [0.2, 0.25) is 5.88 Å². The minimum atomic E-state index is -0.361. The molecular weight excluding hydrogens is 335 g/mol. The van der Waals surface area contributed by atoms with E-state index < -0.39 is 0 Å². The lowest BCUT2D eigenvalue weighted by molar-refractivity contribution is 0.188. The summed E-state index contributed by atoms with van der Waals surface area (Å²) in [5.74, 6) is 1.19. The first kappa shape index (κ1) is 18.1. The van der Waals surface area contributed by atoms with E-state index in [2.05, 4.69) is 15.3 Å². The molecule has 0 aliphatic carbocycles. The number of aromatic nitrogens is 1. The molecule has 0 radical (unpaired) electrons. The van der Waals surface area contributed by atoms with Crippen molar-refractivity contribution in [1.82, 2.24) is 15.2 Å². The number of nitrogens with one attached hydrogen (secondary N) is 1. The summed E-state index contributed by atoms with van der Waals surface area (Å²) in [6, 6.07) is 9.65. The number of nitrogens with zero attached hydrogens (tertiary/aromatic N) is 3. The molecule has 1 fully saturated rings. The Labute approximate surface area is 152 Å². The highest BCUT2D eigenvalue weighted by atomic mass is 19.1. The molecule has 6 nitrogen and oxygen atoms in total. The quantitative estimate of drug-likeness (QED) is 0.635. The van der Waals surface area contributed by atoms with Gasteiger partial charge in [-0.05, 0) is 31.5 Å². The molecule has 0 saturated carbocycles. The van der Waals surface area contributed by atoms with Crippen molar-refractivity contribution < 1.29 is 14.2 Å². The number of benzene rings is 1. The van der Waals surface area contributed by atoms with E-state index in [1.165, 1.54) is 12.1 Å². The fraction of sp³-hybridized carbons (Fsp3) is 0.368. The third-order valence-corrected chi connectivity index (χ3v) is 4.06. The molecule has 1 aromatic heterocycles. The summed E-state index contributed by atoms with van der Waals surface area (Å²) in [7, 11) is 0. The van der Waals surface area contributed by atoms with Gasteiger partial charge in [-0.3, -0.25) is 0 Å². The summed E-state index contributed by atoms with van der Waals surface area (Å²) in [5.41, 5.74) is 0.798. The van der Waals surface area contributed by atoms with E-state index in [0.29, 0.717) is 24.7 Å². The number of ether oxygens (including phenoxy) is 1. The zero-order chi connectivity index (χ0) is 18.4. The maximum absolute atomic E-state index is 13.4. The van der Waals surface area contributed by atoms with E-state index in [-0.39, 0.29) is 11.9 Å². The summed E-state index contributed by atoms with van der Waals surface area (Å²) in [4.78, 5) is 10.9. The Morgan fingerprint density at radius 2 is 2.31 bits per heavy atom. The van der Waals surface area contributed by atoms with E-state index in [1.807, 2.05) is 24.0 Å². The molecule has 7 heteroatoms. The van der Waals surface area contributed by atoms with Crippen LogP contribution in [0.3, 0.4) is 0 Å². The third kappa shape index (κ3) is 4.70. The van der Waals surface area contributed by atoms with Crippen molar-refractivity contribution in [1.29, 1.82) is 0 Å². The van der Waals surface area contributed by atoms with E-state index in [1.54, 1.807) is 18.3 Å². The van der Waals surface area contributed by atoms with Gasteiger partial charge in [0, 0.05) is 37.5 Å². The summed E-state index contributed by atoms with van der Waals surface area (Å²) < 4.78 is 19.1. The van der Waals surface area contributed by atoms with Crippen molar-refractivity contribution >= 4 is 5.96 Å². The Bertz CT molecular complexity index is 769. The molecule has 0 bridgehead atoms. The minimum Gasteiger partial charge on any atom is -0.439 e. The minimum absolute atomic E-state index is 0.316. The van der Waals surface area contributed by atoms with Gasteiger partial charge in [-0.2, -0.15) is 0 Å². The number of rotatable bonds is 5. The molecule has 0 unspecified atom stereocenters. The molecule has 2 heterocycles. The SMILES string of the molecule is CCNC(=NCc1cccnc1Oc1cccc(F)c1)N1CC[C@@H](O)C1. The topological polar surface area (TPSA) is 70.0 Å². The van der Waals surface area contributed by atoms with Gasteiger partial charge in [-0.15, -0.1) is 0 Å². The summed E-state index contributed by atoms with van der Waals surface area (Å²) in [6.45, 7) is 4.46. The predicted octanol–water partition coefficient (Wildman–Crippen LogP) is 2.55. The number of aliphatic hydroxyl groups is 1. The second kappa shape index (κ2) is 8.62. The standard InChI is InChI=1S/C19H23FN4O2/c1-2-21-19(24-10-8-16(25)13-24)23-12-14-5-4-9-22-18(14)26-17-7-3-6-15(20)11-17/h3-7,9,11,16,25H,2,8,10,12-13H2,1H3,(H,21,23)/t16-/m1/s1. The average Bonchev–Trinajstić information content (AvgIpc) is 3.06. The van der Waals surface area contributed by atoms with Gasteiger partial charge >= 0.3 is 0 Å². The van der Waals surface area contributed by atoms with Crippen LogP contribution in [0.1, 0.15) is 18.9 Å². The van der Waals surface area contributed by atoms with Gasteiger partial charge in [-0.25, -0.2) is 14.4 Å². The molecule has 0 spiro atoms. The van der Waals surface area contributed by atoms with Gasteiger partial charge in [0.25, 0.3) is 0 Å². The van der Waals surface area contributed by atoms with Crippen molar-refractivity contribution in [3.8, 4) is 11.6 Å². The molecule has 2 N–H and O–H groups in total. The Morgan fingerprint density at radius 1 is 1.42 bits per heavy atom. The maximum atomic E-state index is 13.4. The zero-order valence-electron chi connectivity index (χ0n) is 14.7. The van der Waals surface area contributed by atoms with Gasteiger partial charge in [0.15, 0.2) is 5.96 Å². The lowest BCUT2D eigenvalue weighted by Crippen LogP contribution is -2.40. The van der Waals surface area contributed by atoms with Gasteiger partial charge in [0.05, 0.1) is 12.6 Å². The number of β-amino-alcohol motifs (C(OH)–C–C–N with tert-alkyl or cyclic N) is 1. The molecule has 138 valence electrons. The molecule has 26 heavy (non-hydrogen) atoms. The van der Waals surface area contributed by atoms with Crippen LogP contribution in [-0.2, 0) is 6.54 Å². The number of aliphatic imine (C=N–C) groups is 1. The highest BCUT2D eigenvalue weighted by Gasteiger charge is 2.22. The number of pyridine rings is 1. The summed E-state index contributed by atoms with van der Waals surface area (Å²) in [5, 5.41) is 13.0. The molecule has 1 aliphatic rings. The molecule has 0 amide bonds. The van der Waals surface area contributed by atoms with Crippen LogP contribution in [0, 0.1) is 5.82 Å². The third-order valence-electron chi connectivity index (χ3n) is 4.06. The molecule has 1 atom stereocenters. The Hall–Kier alpha value is -2.67. The van der Waals surface area contributed by atoms with E-state index in [9.17, 15) is 9.50 Å². The highest BCUT2D eigenvalue weighted by molar-refractivity contribution is 5.80. The monoisotopic (exact) mass is 358 g/mol. The van der Waals surface area contributed by atoms with E-state index in [0.717, 1.165) is 31.0 Å². The highest BCUT2D eigenvalue weighted by Crippen LogP contribution is 2.24. The smallest absolute Gasteiger partial charge is 0.224 e. The number of halogens is 1. The van der Waals surface area contributed by atoms with Gasteiger partial charge in [-0.1, -0.05) is 12.1 Å². The largest absolute Gasteiger partial charge is 0.439 e. The van der Waals surface area contributed by atoms with Crippen molar-refractivity contribution in [2.24, 2.45) is 4.99 Å². The van der Waals surface area contributed by atoms with Crippen LogP contribution in [0.5, 0.6) is 11.6 Å². The first-order valence-electron chi connectivity index (χ1n) is 8.74. The Kier molecular flexibility index (Phi) is 6.01. The lowest BCUT2D eigenvalue weighted by Gasteiger charge is -2.21. The fourth-order valence-corrected chi connectivity index (χ4v) is 2.80. The van der Waals surface area contributed by atoms with Crippen LogP contribution < -0.4 is 10.1 Å². The maximum Gasteiger partial charge on any atom is 0.224 e. The fourth-order valence-electron chi connectivity index (χ4n) is 2.80. The van der Waals surface area contributed by atoms with Gasteiger partial charge in [0.1, 0.15) is 11.6 Å². The van der Waals surface area contributed by atoms with Crippen LogP contribution >= 0.6 is 0 Å². The Balaban J connectivity index is 1.76. The number of guanidine groups is 1. The number of hydrogen-bond donors (Lipinski definition) is 2. The van der Waals surface area contributed by atoms with E-state index in [4.69, 9.17) is 4.74 Å². The molecule has 1 saturated heterocycles. The zero-order valence-corrected chi connectivity index (χ0v) is 14.7. The second-order valence-electron chi connectivity index (χ2n) is 6.09. The van der Waals surface area contributed by atoms with Crippen LogP contribution in [-0.4, -0.2) is 46.7 Å². The van der Waals surface area contributed by atoms with E-state index >= 15 is 0 Å². The van der Waals surface area contributed by atoms with Crippen molar-refractivity contribution in [2.75, 3.05) is 19.6 Å². The first-order valence-corrected chi connectivity index (χ1v) is 8.74. The summed E-state index contributed by atoms with van der Waals surface area (Å²) in [6.07, 6.45) is 2.05. The number of hydrogen-bond acceptors (Lipinski definition) is 4. The van der Waals surface area contributed by atoms with Crippen LogP contribution in [0.4, 0.5) is 4.39 Å². The predicted molar refractivity (Wildman–Crippen MR) is 97.7 cm³/mol. The first-order chi connectivity index (χ1) is 12.7. The lowest BCUT2D eigenvalue weighted by atomic mass is 10.2. The molecule has 2 aromatic rings. The van der Waals surface area contributed by atoms with Crippen molar-refractivity contribution in [2.45, 2.75) is 26.0 Å². The normalized spacial score (nSPS) is 17.4. The second-order valence-corrected chi connectivity index (χ2v) is 6.09. The Morgan fingerprint density at radius 3 is 3.04 bits per heavy atom. The molecule has 1 aliphatic heterocycles. The summed E-state index contributed by atoms with van der Waals surface area (Å²) >= 11 is 0. The molecular formula is C19H23FN4O2. The van der Waals surface area contributed by atoms with Crippen LogP contribution in [0.15, 0.2) is 47.6 Å². The average molecular weight is 358 g/mol. The van der Waals surface area contributed by atoms with Crippen LogP contribution in [0.25, 0.3) is 0 Å². The van der Waals surface area contributed by atoms with Crippen LogP contribution in [0.2, 0.25) is 0 Å². The van der Waals surface area contributed by atoms with Crippen molar-refractivity contribution in [3.63, 3.8) is 0 Å². The number of likely N-dealkylation sites (tertiary alicyclic amines) is 1. The number of aliphatic hydroxyl groups excluding tert-OH is 1. The molecule has 3 rings (SSSR count). The molecule has 1 aromatic carbocycles.